The lowest BCUT2D eigenvalue weighted by Crippen LogP contribution is -2.38. The first kappa shape index (κ1) is 14.8. The summed E-state index contributed by atoms with van der Waals surface area (Å²) in [6.07, 6.45) is 1.67. The van der Waals surface area contributed by atoms with Crippen LogP contribution >= 0.6 is 11.6 Å². The Morgan fingerprint density at radius 2 is 2.14 bits per heavy atom. The zero-order valence-corrected chi connectivity index (χ0v) is 13.1. The molecule has 3 N–H and O–H groups in total. The summed E-state index contributed by atoms with van der Waals surface area (Å²) in [6, 6.07) is 5.52. The summed E-state index contributed by atoms with van der Waals surface area (Å²) in [5.74, 6) is 1.32. The van der Waals surface area contributed by atoms with Crippen LogP contribution in [0.2, 0.25) is 5.02 Å². The predicted molar refractivity (Wildman–Crippen MR) is 84.9 cm³/mol. The number of rotatable bonds is 2. The van der Waals surface area contributed by atoms with E-state index in [4.69, 9.17) is 17.3 Å². The number of carbonyl (C=O) groups is 1. The maximum atomic E-state index is 12.6. The molecule has 116 valence electrons. The number of hydrogen-bond donors (Lipinski definition) is 2. The van der Waals surface area contributed by atoms with Crippen LogP contribution in [0.25, 0.3) is 0 Å². The number of carbonyl (C=O) groups excluding carboxylic acids is 1. The second kappa shape index (κ2) is 5.96. The summed E-state index contributed by atoms with van der Waals surface area (Å²) in [4.78, 5) is 18.6. The highest BCUT2D eigenvalue weighted by Gasteiger charge is 2.27. The lowest BCUT2D eigenvalue weighted by atomic mass is 9.95. The molecule has 1 saturated heterocycles. The zero-order chi connectivity index (χ0) is 15.7. The Bertz CT molecular complexity index is 691. The van der Waals surface area contributed by atoms with Crippen LogP contribution in [0.4, 0.5) is 5.95 Å². The number of H-pyrrole nitrogens is 1. The Labute approximate surface area is 133 Å². The van der Waals surface area contributed by atoms with Crippen molar-refractivity contribution in [3.8, 4) is 0 Å². The lowest BCUT2D eigenvalue weighted by Gasteiger charge is -2.31. The van der Waals surface area contributed by atoms with E-state index in [9.17, 15) is 4.79 Å². The molecule has 2 aromatic rings. The Hall–Kier alpha value is -2.08. The third-order valence-corrected chi connectivity index (χ3v) is 4.36. The third-order valence-electron chi connectivity index (χ3n) is 4.04. The molecular formula is C15H18ClN5O. The van der Waals surface area contributed by atoms with E-state index < -0.39 is 0 Å². The summed E-state index contributed by atoms with van der Waals surface area (Å²) in [7, 11) is 0. The summed E-state index contributed by atoms with van der Waals surface area (Å²) < 4.78 is 0. The molecule has 0 atom stereocenters. The minimum absolute atomic E-state index is 0.0134. The van der Waals surface area contributed by atoms with Gasteiger partial charge in [-0.25, -0.2) is 0 Å². The van der Waals surface area contributed by atoms with Crippen molar-refractivity contribution >= 4 is 23.5 Å². The number of nitrogens with one attached hydrogen (secondary N) is 1. The average Bonchev–Trinajstić information content (AvgIpc) is 2.93. The number of anilines is 1. The molecule has 1 aliphatic rings. The first-order valence-electron chi connectivity index (χ1n) is 7.28. The van der Waals surface area contributed by atoms with E-state index in [1.54, 1.807) is 6.07 Å². The molecule has 22 heavy (non-hydrogen) atoms. The quantitative estimate of drug-likeness (QED) is 0.889. The number of nitrogen functional groups attached to an aromatic ring is 1. The normalized spacial score (nSPS) is 16.0. The average molecular weight is 320 g/mol. The number of nitrogens with zero attached hydrogens (tertiary/aromatic N) is 3. The van der Waals surface area contributed by atoms with Crippen molar-refractivity contribution in [3.05, 3.63) is 40.2 Å². The van der Waals surface area contributed by atoms with Crippen molar-refractivity contribution in [1.29, 1.82) is 0 Å². The Morgan fingerprint density at radius 1 is 1.41 bits per heavy atom. The second-order valence-corrected chi connectivity index (χ2v) is 6.04. The van der Waals surface area contributed by atoms with Crippen LogP contribution in [0, 0.1) is 6.92 Å². The van der Waals surface area contributed by atoms with Crippen LogP contribution < -0.4 is 5.73 Å². The highest BCUT2D eigenvalue weighted by molar-refractivity contribution is 6.33. The van der Waals surface area contributed by atoms with Crippen molar-refractivity contribution in [1.82, 2.24) is 20.1 Å². The van der Waals surface area contributed by atoms with Gasteiger partial charge in [-0.15, -0.1) is 5.10 Å². The van der Waals surface area contributed by atoms with E-state index in [0.29, 0.717) is 23.7 Å². The number of aryl methyl sites for hydroxylation is 1. The smallest absolute Gasteiger partial charge is 0.255 e. The molecule has 1 aromatic carbocycles. The van der Waals surface area contributed by atoms with E-state index in [-0.39, 0.29) is 17.8 Å². The van der Waals surface area contributed by atoms with Crippen molar-refractivity contribution < 1.29 is 4.79 Å². The largest absolute Gasteiger partial charge is 0.367 e. The predicted octanol–water partition coefficient (Wildman–Crippen LogP) is 2.37. The van der Waals surface area contributed by atoms with Crippen LogP contribution in [0.1, 0.15) is 40.5 Å². The molecule has 7 heteroatoms. The van der Waals surface area contributed by atoms with Gasteiger partial charge in [0.25, 0.3) is 5.91 Å². The fraction of sp³-hybridized carbons (Fsp3) is 0.400. The van der Waals surface area contributed by atoms with Crippen LogP contribution in [-0.2, 0) is 0 Å². The van der Waals surface area contributed by atoms with E-state index in [2.05, 4.69) is 15.2 Å². The van der Waals surface area contributed by atoms with Gasteiger partial charge in [-0.3, -0.25) is 9.89 Å². The third kappa shape index (κ3) is 2.92. The number of benzene rings is 1. The van der Waals surface area contributed by atoms with Gasteiger partial charge in [0.05, 0.1) is 10.6 Å². The number of aromatic nitrogens is 3. The lowest BCUT2D eigenvalue weighted by molar-refractivity contribution is 0.0711. The molecule has 0 bridgehead atoms. The maximum absolute atomic E-state index is 12.6. The van der Waals surface area contributed by atoms with Crippen LogP contribution in [0.3, 0.4) is 0 Å². The Morgan fingerprint density at radius 3 is 2.73 bits per heavy atom. The maximum Gasteiger partial charge on any atom is 0.255 e. The van der Waals surface area contributed by atoms with Gasteiger partial charge in [0.15, 0.2) is 0 Å². The molecule has 0 spiro atoms. The first-order chi connectivity index (χ1) is 10.5. The van der Waals surface area contributed by atoms with Crippen molar-refractivity contribution in [2.45, 2.75) is 25.7 Å². The molecule has 0 radical (unpaired) electrons. The molecule has 6 nitrogen and oxygen atoms in total. The second-order valence-electron chi connectivity index (χ2n) is 5.63. The van der Waals surface area contributed by atoms with Crippen molar-refractivity contribution in [2.24, 2.45) is 0 Å². The molecule has 2 heterocycles. The van der Waals surface area contributed by atoms with Crippen LogP contribution in [0.5, 0.6) is 0 Å². The van der Waals surface area contributed by atoms with Gasteiger partial charge in [-0.05, 0) is 37.5 Å². The highest BCUT2D eigenvalue weighted by atomic mass is 35.5. The molecule has 1 aliphatic heterocycles. The Kier molecular flexibility index (Phi) is 4.02. The fourth-order valence-electron chi connectivity index (χ4n) is 2.79. The number of amides is 1. The standard InChI is InChI=1S/C15H18ClN5O/c1-9-2-3-11(12(16)8-9)14(22)21-6-4-10(5-7-21)13-18-15(17)20-19-13/h2-3,8,10H,4-7H2,1H3,(H3,17,18,19,20). The zero-order valence-electron chi connectivity index (χ0n) is 12.3. The molecule has 1 amide bonds. The van der Waals surface area contributed by atoms with E-state index in [0.717, 1.165) is 24.2 Å². The van der Waals surface area contributed by atoms with E-state index in [1.807, 2.05) is 24.0 Å². The van der Waals surface area contributed by atoms with E-state index >= 15 is 0 Å². The van der Waals surface area contributed by atoms with E-state index in [1.165, 1.54) is 0 Å². The fourth-order valence-corrected chi connectivity index (χ4v) is 3.11. The van der Waals surface area contributed by atoms with Crippen LogP contribution in [0.15, 0.2) is 18.2 Å². The van der Waals surface area contributed by atoms with Gasteiger partial charge in [0, 0.05) is 19.0 Å². The summed E-state index contributed by atoms with van der Waals surface area (Å²) >= 11 is 6.19. The molecule has 0 saturated carbocycles. The minimum Gasteiger partial charge on any atom is -0.367 e. The van der Waals surface area contributed by atoms with Crippen molar-refractivity contribution in [2.75, 3.05) is 18.8 Å². The summed E-state index contributed by atoms with van der Waals surface area (Å²) in [6.45, 7) is 3.30. The monoisotopic (exact) mass is 319 g/mol. The number of halogens is 1. The van der Waals surface area contributed by atoms with Gasteiger partial charge in [-0.1, -0.05) is 17.7 Å². The number of likely N-dealkylation sites (tertiary alicyclic amines) is 1. The minimum atomic E-state index is -0.0134. The topological polar surface area (TPSA) is 87.9 Å². The van der Waals surface area contributed by atoms with Gasteiger partial charge >= 0.3 is 0 Å². The first-order valence-corrected chi connectivity index (χ1v) is 7.65. The van der Waals surface area contributed by atoms with Crippen molar-refractivity contribution in [3.63, 3.8) is 0 Å². The van der Waals surface area contributed by atoms with Gasteiger partial charge in [0.1, 0.15) is 5.82 Å². The highest BCUT2D eigenvalue weighted by Crippen LogP contribution is 2.27. The summed E-state index contributed by atoms with van der Waals surface area (Å²) in [5.41, 5.74) is 7.14. The number of aromatic amines is 1. The molecule has 3 rings (SSSR count). The SMILES string of the molecule is Cc1ccc(C(=O)N2CCC(c3nc(N)n[nH]3)CC2)c(Cl)c1. The van der Waals surface area contributed by atoms with Crippen LogP contribution in [-0.4, -0.2) is 39.1 Å². The molecule has 0 unspecified atom stereocenters. The molecule has 0 aliphatic carbocycles. The Balaban J connectivity index is 1.67. The van der Waals surface area contributed by atoms with Gasteiger partial charge in [-0.2, -0.15) is 4.98 Å². The molecule has 1 fully saturated rings. The number of hydrogen-bond acceptors (Lipinski definition) is 4. The van der Waals surface area contributed by atoms with Gasteiger partial charge < -0.3 is 10.6 Å². The molecule has 1 aromatic heterocycles. The summed E-state index contributed by atoms with van der Waals surface area (Å²) in [5, 5.41) is 7.22. The number of nitrogens with two attached hydrogens (primary N) is 1. The molecular weight excluding hydrogens is 302 g/mol. The number of piperidine rings is 1. The van der Waals surface area contributed by atoms with Gasteiger partial charge in [0.2, 0.25) is 5.95 Å².